The van der Waals surface area contributed by atoms with E-state index in [0.717, 1.165) is 56.6 Å². The molecule has 0 bridgehead atoms. The van der Waals surface area contributed by atoms with Crippen molar-refractivity contribution in [3.63, 3.8) is 0 Å². The Hall–Kier alpha value is -2.29. The van der Waals surface area contributed by atoms with Gasteiger partial charge in [0.2, 0.25) is 0 Å². The van der Waals surface area contributed by atoms with Gasteiger partial charge in [0.15, 0.2) is 0 Å². The lowest BCUT2D eigenvalue weighted by Gasteiger charge is -2.29. The first-order valence-corrected chi connectivity index (χ1v) is 9.53. The van der Waals surface area contributed by atoms with Gasteiger partial charge in [-0.3, -0.25) is 4.90 Å². The maximum absolute atomic E-state index is 13.1. The van der Waals surface area contributed by atoms with E-state index in [1.54, 1.807) is 6.20 Å². The highest BCUT2D eigenvalue weighted by Gasteiger charge is 2.38. The number of nitrogens with zero attached hydrogens (tertiary/aromatic N) is 3. The zero-order valence-electron chi connectivity index (χ0n) is 15.8. The average Bonchev–Trinajstić information content (AvgIpc) is 3.09. The molecule has 1 saturated heterocycles. The van der Waals surface area contributed by atoms with Crippen LogP contribution in [0.3, 0.4) is 0 Å². The van der Waals surface area contributed by atoms with Crippen LogP contribution >= 0.6 is 0 Å². The predicted molar refractivity (Wildman–Crippen MR) is 102 cm³/mol. The summed E-state index contributed by atoms with van der Waals surface area (Å²) in [6.07, 6.45) is 4.65. The Morgan fingerprint density at radius 1 is 1.30 bits per heavy atom. The summed E-state index contributed by atoms with van der Waals surface area (Å²) < 4.78 is 19.0. The molecule has 0 amide bonds. The molecule has 142 valence electrons. The number of aromatic nitrogens is 1. The smallest absolute Gasteiger partial charge is 0.144 e. The van der Waals surface area contributed by atoms with Crippen LogP contribution in [0.25, 0.3) is 0 Å². The maximum atomic E-state index is 13.1. The van der Waals surface area contributed by atoms with Crippen molar-refractivity contribution in [1.29, 1.82) is 5.26 Å². The molecule has 4 nitrogen and oxygen atoms in total. The normalized spacial score (nSPS) is 19.9. The molecule has 1 unspecified atom stereocenters. The van der Waals surface area contributed by atoms with E-state index in [1.165, 1.54) is 12.1 Å². The molecule has 0 N–H and O–H groups in total. The molecule has 0 saturated carbocycles. The first kappa shape index (κ1) is 19.5. The van der Waals surface area contributed by atoms with Gasteiger partial charge in [-0.15, -0.1) is 0 Å². The van der Waals surface area contributed by atoms with Crippen LogP contribution in [0.2, 0.25) is 0 Å². The highest BCUT2D eigenvalue weighted by Crippen LogP contribution is 2.36. The number of halogens is 1. The van der Waals surface area contributed by atoms with Crippen molar-refractivity contribution < 1.29 is 9.13 Å². The first-order valence-electron chi connectivity index (χ1n) is 9.53. The summed E-state index contributed by atoms with van der Waals surface area (Å²) in [5.74, 6) is -0.195. The van der Waals surface area contributed by atoms with Crippen LogP contribution < -0.4 is 0 Å². The largest absolute Gasteiger partial charge is 0.381 e. The number of rotatable bonds is 8. The van der Waals surface area contributed by atoms with Crippen LogP contribution in [0.1, 0.15) is 36.6 Å². The van der Waals surface area contributed by atoms with Crippen LogP contribution in [-0.4, -0.2) is 36.2 Å². The Bertz CT molecular complexity index is 787. The number of pyridine rings is 1. The van der Waals surface area contributed by atoms with Gasteiger partial charge < -0.3 is 4.74 Å². The van der Waals surface area contributed by atoms with Crippen LogP contribution in [0, 0.1) is 22.6 Å². The van der Waals surface area contributed by atoms with Crippen molar-refractivity contribution in [2.45, 2.75) is 32.7 Å². The Labute approximate surface area is 160 Å². The summed E-state index contributed by atoms with van der Waals surface area (Å²) in [6, 6.07) is 12.8. The summed E-state index contributed by atoms with van der Waals surface area (Å²) in [5, 5.41) is 9.26. The molecule has 1 fully saturated rings. The number of aryl methyl sites for hydroxylation is 1. The van der Waals surface area contributed by atoms with E-state index in [0.29, 0.717) is 12.3 Å². The van der Waals surface area contributed by atoms with Gasteiger partial charge in [-0.05, 0) is 56.5 Å². The van der Waals surface area contributed by atoms with E-state index in [1.807, 2.05) is 31.2 Å². The molecule has 27 heavy (non-hydrogen) atoms. The van der Waals surface area contributed by atoms with Gasteiger partial charge >= 0.3 is 0 Å². The molecule has 1 aliphatic rings. The zero-order chi connectivity index (χ0) is 19.1. The average molecular weight is 367 g/mol. The molecule has 1 aromatic heterocycles. The predicted octanol–water partition coefficient (Wildman–Crippen LogP) is 3.95. The van der Waals surface area contributed by atoms with Crippen LogP contribution in [-0.2, 0) is 17.7 Å². The molecule has 1 atom stereocenters. The fraction of sp³-hybridized carbons (Fsp3) is 0.455. The second-order valence-corrected chi connectivity index (χ2v) is 7.35. The molecule has 0 spiro atoms. The third-order valence-electron chi connectivity index (χ3n) is 5.38. The Balaban J connectivity index is 1.66. The van der Waals surface area contributed by atoms with Crippen molar-refractivity contribution >= 4 is 0 Å². The summed E-state index contributed by atoms with van der Waals surface area (Å²) >= 11 is 0. The maximum Gasteiger partial charge on any atom is 0.144 e. The quantitative estimate of drug-likeness (QED) is 0.709. The fourth-order valence-corrected chi connectivity index (χ4v) is 3.84. The number of hydrogen-bond donors (Lipinski definition) is 0. The molecule has 3 rings (SSSR count). The number of ether oxygens (including phenoxy) is 1. The fourth-order valence-electron chi connectivity index (χ4n) is 3.84. The first-order chi connectivity index (χ1) is 13.1. The molecule has 1 aliphatic heterocycles. The van der Waals surface area contributed by atoms with Gasteiger partial charge in [-0.25, -0.2) is 9.37 Å². The Morgan fingerprint density at radius 2 is 2.11 bits per heavy atom. The molecule has 0 radical (unpaired) electrons. The summed E-state index contributed by atoms with van der Waals surface area (Å²) in [7, 11) is 0. The molecule has 1 aromatic carbocycles. The molecular formula is C22H26FN3O. The SMILES string of the molecule is CCOCC1(CCc2ccc(F)cc2)CCN(Cc2cccnc2C#N)C1. The van der Waals surface area contributed by atoms with Crippen LogP contribution in [0.5, 0.6) is 0 Å². The van der Waals surface area contributed by atoms with E-state index in [9.17, 15) is 9.65 Å². The highest BCUT2D eigenvalue weighted by atomic mass is 19.1. The van der Waals surface area contributed by atoms with Gasteiger partial charge in [0.05, 0.1) is 6.61 Å². The van der Waals surface area contributed by atoms with Gasteiger partial charge in [-0.1, -0.05) is 18.2 Å². The number of likely N-dealkylation sites (tertiary alicyclic amines) is 1. The van der Waals surface area contributed by atoms with Gasteiger partial charge in [0.25, 0.3) is 0 Å². The highest BCUT2D eigenvalue weighted by molar-refractivity contribution is 5.30. The Kier molecular flexibility index (Phi) is 6.54. The van der Waals surface area contributed by atoms with Crippen molar-refractivity contribution in [1.82, 2.24) is 9.88 Å². The number of hydrogen-bond acceptors (Lipinski definition) is 4. The molecule has 2 aromatic rings. The van der Waals surface area contributed by atoms with Gasteiger partial charge in [0, 0.05) is 36.9 Å². The standard InChI is InChI=1S/C22H26FN3O/c1-2-27-17-22(10-9-18-5-7-20(23)8-6-18)11-13-26(16-22)15-19-4-3-12-25-21(19)14-24/h3-8,12H,2,9-11,13,15-17H2,1H3. The lowest BCUT2D eigenvalue weighted by atomic mass is 9.82. The lowest BCUT2D eigenvalue weighted by molar-refractivity contribution is 0.0489. The zero-order valence-corrected chi connectivity index (χ0v) is 15.8. The van der Waals surface area contributed by atoms with Crippen molar-refractivity contribution in [3.05, 3.63) is 65.2 Å². The van der Waals surface area contributed by atoms with E-state index >= 15 is 0 Å². The second-order valence-electron chi connectivity index (χ2n) is 7.35. The molecular weight excluding hydrogens is 341 g/mol. The van der Waals surface area contributed by atoms with E-state index in [2.05, 4.69) is 16.0 Å². The summed E-state index contributed by atoms with van der Waals surface area (Å²) in [4.78, 5) is 6.56. The molecule has 5 heteroatoms. The summed E-state index contributed by atoms with van der Waals surface area (Å²) in [6.45, 7) is 6.12. The van der Waals surface area contributed by atoms with E-state index < -0.39 is 0 Å². The van der Waals surface area contributed by atoms with Crippen molar-refractivity contribution in [2.24, 2.45) is 5.41 Å². The minimum Gasteiger partial charge on any atom is -0.381 e. The second kappa shape index (κ2) is 9.07. The Morgan fingerprint density at radius 3 is 2.85 bits per heavy atom. The van der Waals surface area contributed by atoms with Gasteiger partial charge in [0.1, 0.15) is 17.6 Å². The molecule has 0 aliphatic carbocycles. The van der Waals surface area contributed by atoms with Crippen molar-refractivity contribution in [3.8, 4) is 6.07 Å². The summed E-state index contributed by atoms with van der Waals surface area (Å²) in [5.41, 5.74) is 2.74. The number of nitriles is 1. The third-order valence-corrected chi connectivity index (χ3v) is 5.38. The molecule has 2 heterocycles. The van der Waals surface area contributed by atoms with E-state index in [4.69, 9.17) is 4.74 Å². The van der Waals surface area contributed by atoms with Crippen LogP contribution in [0.15, 0.2) is 42.6 Å². The minimum absolute atomic E-state index is 0.0966. The minimum atomic E-state index is -0.195. The van der Waals surface area contributed by atoms with Gasteiger partial charge in [-0.2, -0.15) is 5.26 Å². The topological polar surface area (TPSA) is 49.1 Å². The van der Waals surface area contributed by atoms with E-state index in [-0.39, 0.29) is 11.2 Å². The lowest BCUT2D eigenvalue weighted by Crippen LogP contribution is -2.32. The van der Waals surface area contributed by atoms with Crippen LogP contribution in [0.4, 0.5) is 4.39 Å². The number of benzene rings is 1. The van der Waals surface area contributed by atoms with Crippen molar-refractivity contribution in [2.75, 3.05) is 26.3 Å². The third kappa shape index (κ3) is 5.12. The monoisotopic (exact) mass is 367 g/mol.